The predicted octanol–water partition coefficient (Wildman–Crippen LogP) is 7.12. The first kappa shape index (κ1) is 30.4. The number of aliphatic carboxylic acids is 1. The number of aryl methyl sites for hydroxylation is 1. The second-order valence-electron chi connectivity index (χ2n) is 11.3. The second-order valence-corrected chi connectivity index (χ2v) is 11.3. The lowest BCUT2D eigenvalue weighted by molar-refractivity contribution is -0.138. The van der Waals surface area contributed by atoms with Gasteiger partial charge in [-0.05, 0) is 65.3 Å². The van der Waals surface area contributed by atoms with Crippen molar-refractivity contribution in [2.24, 2.45) is 0 Å². The van der Waals surface area contributed by atoms with Gasteiger partial charge in [-0.3, -0.25) is 9.69 Å². The Balaban J connectivity index is 1.66. The summed E-state index contributed by atoms with van der Waals surface area (Å²) >= 11 is 0. The molecule has 0 fully saturated rings. The van der Waals surface area contributed by atoms with Gasteiger partial charge in [0.15, 0.2) is 0 Å². The number of rotatable bonds is 12. The Morgan fingerprint density at radius 3 is 2.15 bits per heavy atom. The molecule has 7 heteroatoms. The molecule has 0 unspecified atom stereocenters. The first-order valence-corrected chi connectivity index (χ1v) is 13.3. The van der Waals surface area contributed by atoms with Gasteiger partial charge in [-0.2, -0.15) is 13.2 Å². The van der Waals surface area contributed by atoms with Crippen LogP contribution in [0.2, 0.25) is 0 Å². The number of alkyl halides is 3. The lowest BCUT2D eigenvalue weighted by Gasteiger charge is -2.24. The molecule has 2 N–H and O–H groups in total. The molecular formula is C32H39F3N2O2. The van der Waals surface area contributed by atoms with Crippen LogP contribution in [0.5, 0.6) is 0 Å². The summed E-state index contributed by atoms with van der Waals surface area (Å²) in [5, 5.41) is 12.6. The lowest BCUT2D eigenvalue weighted by atomic mass is 9.87. The highest BCUT2D eigenvalue weighted by molar-refractivity contribution is 5.70. The second kappa shape index (κ2) is 13.3. The van der Waals surface area contributed by atoms with E-state index in [1.54, 1.807) is 19.1 Å². The van der Waals surface area contributed by atoms with Gasteiger partial charge in [-0.25, -0.2) is 0 Å². The summed E-state index contributed by atoms with van der Waals surface area (Å²) < 4.78 is 40.3. The first-order valence-electron chi connectivity index (χ1n) is 13.3. The fourth-order valence-corrected chi connectivity index (χ4v) is 4.64. The largest absolute Gasteiger partial charge is 0.481 e. The van der Waals surface area contributed by atoms with E-state index in [1.807, 2.05) is 18.2 Å². The van der Waals surface area contributed by atoms with Crippen molar-refractivity contribution in [3.05, 3.63) is 106 Å². The number of carboxylic acid groups (broad SMARTS) is 1. The maximum Gasteiger partial charge on any atom is 0.416 e. The fraction of sp³-hybridized carbons (Fsp3) is 0.406. The molecule has 0 aliphatic heterocycles. The van der Waals surface area contributed by atoms with Gasteiger partial charge in [0.05, 0.1) is 12.0 Å². The molecular weight excluding hydrogens is 501 g/mol. The quantitative estimate of drug-likeness (QED) is 0.240. The van der Waals surface area contributed by atoms with E-state index in [-0.39, 0.29) is 11.8 Å². The summed E-state index contributed by atoms with van der Waals surface area (Å²) in [6.45, 7) is 11.3. The summed E-state index contributed by atoms with van der Waals surface area (Å²) in [4.78, 5) is 13.3. The molecule has 3 aromatic carbocycles. The van der Waals surface area contributed by atoms with Crippen LogP contribution in [-0.2, 0) is 42.4 Å². The van der Waals surface area contributed by atoms with Crippen LogP contribution in [0.15, 0.2) is 66.7 Å². The highest BCUT2D eigenvalue weighted by atomic mass is 19.4. The van der Waals surface area contributed by atoms with E-state index in [9.17, 15) is 18.0 Å². The molecule has 0 heterocycles. The van der Waals surface area contributed by atoms with E-state index >= 15 is 0 Å². The van der Waals surface area contributed by atoms with Gasteiger partial charge in [-0.1, -0.05) is 80.9 Å². The van der Waals surface area contributed by atoms with Crippen molar-refractivity contribution in [2.45, 2.75) is 71.8 Å². The van der Waals surface area contributed by atoms with Crippen LogP contribution in [0, 0.1) is 6.92 Å². The fourth-order valence-electron chi connectivity index (χ4n) is 4.64. The molecule has 0 bridgehead atoms. The Labute approximate surface area is 229 Å². The van der Waals surface area contributed by atoms with Crippen molar-refractivity contribution >= 4 is 5.97 Å². The molecule has 210 valence electrons. The van der Waals surface area contributed by atoms with Gasteiger partial charge < -0.3 is 10.4 Å². The Morgan fingerprint density at radius 2 is 1.51 bits per heavy atom. The summed E-state index contributed by atoms with van der Waals surface area (Å²) in [6, 6.07) is 20.2. The van der Waals surface area contributed by atoms with Crippen LogP contribution in [-0.4, -0.2) is 29.1 Å². The van der Waals surface area contributed by atoms with E-state index < -0.39 is 17.7 Å². The summed E-state index contributed by atoms with van der Waals surface area (Å²) in [7, 11) is 0. The Kier molecular flexibility index (Phi) is 10.3. The summed E-state index contributed by atoms with van der Waals surface area (Å²) in [5.74, 6) is -0.900. The van der Waals surface area contributed by atoms with Crippen molar-refractivity contribution in [1.29, 1.82) is 0 Å². The standard InChI is InChI=1S/C32H39F3N2O2/c1-23-15-27(18-29(16-23)32(33,34)35)22-37(21-26-8-5-7-25(17-26)19-30(38)39)14-6-13-36-20-24-9-11-28(12-10-24)31(2,3)4/h5,7-12,15-18,36H,6,13-14,19-22H2,1-4H3,(H,38,39). The molecule has 39 heavy (non-hydrogen) atoms. The Morgan fingerprint density at radius 1 is 0.846 bits per heavy atom. The third-order valence-corrected chi connectivity index (χ3v) is 6.60. The van der Waals surface area contributed by atoms with Crippen molar-refractivity contribution in [1.82, 2.24) is 10.2 Å². The lowest BCUT2D eigenvalue weighted by Crippen LogP contribution is -2.27. The minimum Gasteiger partial charge on any atom is -0.481 e. The number of benzene rings is 3. The van der Waals surface area contributed by atoms with Crippen LogP contribution in [0.3, 0.4) is 0 Å². The number of halogens is 3. The number of carboxylic acids is 1. The minimum absolute atomic E-state index is 0.0681. The average Bonchev–Trinajstić information content (AvgIpc) is 2.82. The van der Waals surface area contributed by atoms with Crippen LogP contribution < -0.4 is 5.32 Å². The van der Waals surface area contributed by atoms with Crippen molar-refractivity contribution in [2.75, 3.05) is 13.1 Å². The van der Waals surface area contributed by atoms with Gasteiger partial charge >= 0.3 is 12.1 Å². The Hall–Kier alpha value is -3.16. The Bertz CT molecular complexity index is 1230. The molecule has 0 spiro atoms. The van der Waals surface area contributed by atoms with Gasteiger partial charge in [0, 0.05) is 26.2 Å². The maximum atomic E-state index is 13.4. The molecule has 0 aliphatic carbocycles. The molecule has 3 rings (SSSR count). The zero-order valence-electron chi connectivity index (χ0n) is 23.2. The van der Waals surface area contributed by atoms with Crippen molar-refractivity contribution < 1.29 is 23.1 Å². The van der Waals surface area contributed by atoms with E-state index in [0.29, 0.717) is 36.3 Å². The molecule has 3 aromatic rings. The summed E-state index contributed by atoms with van der Waals surface area (Å²) in [6.07, 6.45) is -3.65. The molecule has 0 saturated carbocycles. The monoisotopic (exact) mass is 540 g/mol. The van der Waals surface area contributed by atoms with Crippen LogP contribution in [0.1, 0.15) is 66.1 Å². The molecule has 0 radical (unpaired) electrons. The third kappa shape index (κ3) is 10.2. The zero-order chi connectivity index (χ0) is 28.6. The SMILES string of the molecule is Cc1cc(CN(CCCNCc2ccc(C(C)(C)C)cc2)Cc2cccc(CC(=O)O)c2)cc(C(F)(F)F)c1. The van der Waals surface area contributed by atoms with E-state index in [4.69, 9.17) is 5.11 Å². The molecule has 0 amide bonds. The van der Waals surface area contributed by atoms with E-state index in [2.05, 4.69) is 55.3 Å². The first-order chi connectivity index (χ1) is 18.3. The highest BCUT2D eigenvalue weighted by Gasteiger charge is 2.31. The van der Waals surface area contributed by atoms with E-state index in [1.165, 1.54) is 23.3 Å². The molecule has 4 nitrogen and oxygen atoms in total. The number of nitrogens with one attached hydrogen (secondary N) is 1. The van der Waals surface area contributed by atoms with Gasteiger partial charge in [0.1, 0.15) is 0 Å². The van der Waals surface area contributed by atoms with Crippen LogP contribution >= 0.6 is 0 Å². The van der Waals surface area contributed by atoms with Crippen LogP contribution in [0.4, 0.5) is 13.2 Å². The van der Waals surface area contributed by atoms with E-state index in [0.717, 1.165) is 25.1 Å². The smallest absolute Gasteiger partial charge is 0.416 e. The number of hydrogen-bond donors (Lipinski definition) is 2. The maximum absolute atomic E-state index is 13.4. The van der Waals surface area contributed by atoms with Crippen LogP contribution in [0.25, 0.3) is 0 Å². The van der Waals surface area contributed by atoms with Gasteiger partial charge in [0.25, 0.3) is 0 Å². The van der Waals surface area contributed by atoms with Crippen molar-refractivity contribution in [3.8, 4) is 0 Å². The average molecular weight is 541 g/mol. The van der Waals surface area contributed by atoms with Gasteiger partial charge in [-0.15, -0.1) is 0 Å². The predicted molar refractivity (Wildman–Crippen MR) is 150 cm³/mol. The zero-order valence-corrected chi connectivity index (χ0v) is 23.2. The molecule has 0 aromatic heterocycles. The third-order valence-electron chi connectivity index (χ3n) is 6.60. The molecule has 0 atom stereocenters. The number of carbonyl (C=O) groups is 1. The number of nitrogens with zero attached hydrogens (tertiary/aromatic N) is 1. The molecule has 0 aliphatic rings. The number of hydrogen-bond acceptors (Lipinski definition) is 3. The minimum atomic E-state index is -4.40. The van der Waals surface area contributed by atoms with Gasteiger partial charge in [0.2, 0.25) is 0 Å². The topological polar surface area (TPSA) is 52.6 Å². The molecule has 0 saturated heterocycles. The highest BCUT2D eigenvalue weighted by Crippen LogP contribution is 2.31. The van der Waals surface area contributed by atoms with Crippen molar-refractivity contribution in [3.63, 3.8) is 0 Å². The summed E-state index contributed by atoms with van der Waals surface area (Å²) in [5.41, 5.74) is 4.78. The normalized spacial score (nSPS) is 12.2.